The number of fused-ring (bicyclic) bond motifs is 1. The smallest absolute Gasteiger partial charge is 0.215 e. The fourth-order valence-electron chi connectivity index (χ4n) is 1.33. The molecule has 0 aliphatic carbocycles. The van der Waals surface area contributed by atoms with Gasteiger partial charge in [0.05, 0.1) is 6.04 Å². The molecule has 2 nitrogen and oxygen atoms in total. The van der Waals surface area contributed by atoms with Crippen molar-refractivity contribution in [3.63, 3.8) is 0 Å². The first-order chi connectivity index (χ1) is 6.16. The van der Waals surface area contributed by atoms with Gasteiger partial charge in [0.15, 0.2) is 0 Å². The molecule has 0 spiro atoms. The van der Waals surface area contributed by atoms with E-state index in [0.29, 0.717) is 0 Å². The minimum atomic E-state index is -0.0701. The third-order valence-electron chi connectivity index (χ3n) is 2.07. The second kappa shape index (κ2) is 3.07. The molecule has 1 aromatic rings. The van der Waals surface area contributed by atoms with Gasteiger partial charge < -0.3 is 5.32 Å². The summed E-state index contributed by atoms with van der Waals surface area (Å²) >= 11 is 1.33. The lowest BCUT2D eigenvalue weighted by atomic mass is 10.2. The zero-order chi connectivity index (χ0) is 9.42. The van der Waals surface area contributed by atoms with E-state index in [0.717, 1.165) is 10.6 Å². The quantitative estimate of drug-likeness (QED) is 0.686. The molecule has 0 saturated carbocycles. The van der Waals surface area contributed by atoms with Crippen LogP contribution in [0.5, 0.6) is 0 Å². The summed E-state index contributed by atoms with van der Waals surface area (Å²) in [6, 6.07) is 6.02. The summed E-state index contributed by atoms with van der Waals surface area (Å²) in [7, 11) is 0. The molecule has 1 heterocycles. The maximum atomic E-state index is 11.3. The standard InChI is InChI=1S/C10H11NOS/c1-6-3-4-9-8(5-6)11-7(2)10(12)13-9/h3-5,7,11H,1-2H3. The van der Waals surface area contributed by atoms with E-state index >= 15 is 0 Å². The van der Waals surface area contributed by atoms with E-state index in [9.17, 15) is 4.79 Å². The van der Waals surface area contributed by atoms with Crippen LogP contribution in [0, 0.1) is 6.92 Å². The number of hydrogen-bond acceptors (Lipinski definition) is 3. The molecule has 1 aliphatic rings. The van der Waals surface area contributed by atoms with Crippen LogP contribution in [0.25, 0.3) is 0 Å². The number of nitrogens with one attached hydrogen (secondary N) is 1. The number of thioether (sulfide) groups is 1. The Morgan fingerprint density at radius 2 is 2.23 bits per heavy atom. The summed E-state index contributed by atoms with van der Waals surface area (Å²) in [5, 5.41) is 3.37. The van der Waals surface area contributed by atoms with Crippen LogP contribution in [0.4, 0.5) is 5.69 Å². The van der Waals surface area contributed by atoms with Gasteiger partial charge in [-0.2, -0.15) is 0 Å². The highest BCUT2D eigenvalue weighted by Crippen LogP contribution is 2.34. The maximum absolute atomic E-state index is 11.3. The summed E-state index contributed by atoms with van der Waals surface area (Å²) in [6.07, 6.45) is 0. The van der Waals surface area contributed by atoms with Crippen molar-refractivity contribution >= 4 is 22.6 Å². The average molecular weight is 193 g/mol. The molecule has 0 bridgehead atoms. The van der Waals surface area contributed by atoms with E-state index in [2.05, 4.69) is 11.4 Å². The van der Waals surface area contributed by atoms with Crippen molar-refractivity contribution < 1.29 is 4.79 Å². The van der Waals surface area contributed by atoms with Gasteiger partial charge in [-0.05, 0) is 43.3 Å². The topological polar surface area (TPSA) is 29.1 Å². The molecular formula is C10H11NOS. The predicted molar refractivity (Wildman–Crippen MR) is 55.1 cm³/mol. The highest BCUT2D eigenvalue weighted by molar-refractivity contribution is 8.14. The molecule has 1 atom stereocenters. The highest BCUT2D eigenvalue weighted by atomic mass is 32.2. The van der Waals surface area contributed by atoms with Crippen LogP contribution in [0.3, 0.4) is 0 Å². The Morgan fingerprint density at radius 1 is 1.46 bits per heavy atom. The van der Waals surface area contributed by atoms with Crippen molar-refractivity contribution in [3.05, 3.63) is 23.8 Å². The lowest BCUT2D eigenvalue weighted by molar-refractivity contribution is -0.111. The molecule has 1 N–H and O–H groups in total. The lowest BCUT2D eigenvalue weighted by Crippen LogP contribution is -2.27. The summed E-state index contributed by atoms with van der Waals surface area (Å²) < 4.78 is 0. The number of rotatable bonds is 0. The van der Waals surface area contributed by atoms with Crippen molar-refractivity contribution in [1.29, 1.82) is 0 Å². The third kappa shape index (κ3) is 1.56. The van der Waals surface area contributed by atoms with Crippen molar-refractivity contribution in [2.75, 3.05) is 5.32 Å². The maximum Gasteiger partial charge on any atom is 0.215 e. The number of hydrogen-bond donors (Lipinski definition) is 1. The van der Waals surface area contributed by atoms with Crippen molar-refractivity contribution in [3.8, 4) is 0 Å². The molecule has 1 aliphatic heterocycles. The molecule has 13 heavy (non-hydrogen) atoms. The van der Waals surface area contributed by atoms with Crippen LogP contribution in [-0.2, 0) is 4.79 Å². The molecule has 0 aromatic heterocycles. The monoisotopic (exact) mass is 193 g/mol. The van der Waals surface area contributed by atoms with Gasteiger partial charge in [0.2, 0.25) is 5.12 Å². The predicted octanol–water partition coefficient (Wildman–Crippen LogP) is 2.43. The molecule has 0 saturated heterocycles. The first kappa shape index (κ1) is 8.63. The largest absolute Gasteiger partial charge is 0.374 e. The lowest BCUT2D eigenvalue weighted by Gasteiger charge is -2.22. The van der Waals surface area contributed by atoms with Crippen LogP contribution in [0.15, 0.2) is 23.1 Å². The molecular weight excluding hydrogens is 182 g/mol. The molecule has 1 aromatic carbocycles. The van der Waals surface area contributed by atoms with Gasteiger partial charge in [-0.3, -0.25) is 4.79 Å². The van der Waals surface area contributed by atoms with E-state index in [-0.39, 0.29) is 11.2 Å². The molecule has 68 valence electrons. The molecule has 3 heteroatoms. The van der Waals surface area contributed by atoms with E-state index in [1.807, 2.05) is 26.0 Å². The summed E-state index contributed by atoms with van der Waals surface area (Å²) in [5.41, 5.74) is 2.30. The number of benzene rings is 1. The Hall–Kier alpha value is -0.960. The van der Waals surface area contributed by atoms with Crippen LogP contribution >= 0.6 is 11.8 Å². The second-order valence-corrected chi connectivity index (χ2v) is 4.33. The van der Waals surface area contributed by atoms with Gasteiger partial charge in [-0.25, -0.2) is 0 Å². The van der Waals surface area contributed by atoms with E-state index in [1.165, 1.54) is 17.3 Å². The SMILES string of the molecule is Cc1ccc2c(c1)NC(C)C(=O)S2. The van der Waals surface area contributed by atoms with E-state index in [1.54, 1.807) is 0 Å². The molecule has 2 rings (SSSR count). The first-order valence-electron chi connectivity index (χ1n) is 4.26. The zero-order valence-electron chi connectivity index (χ0n) is 7.63. The fourth-order valence-corrected chi connectivity index (χ4v) is 2.15. The Morgan fingerprint density at radius 3 is 3.00 bits per heavy atom. The van der Waals surface area contributed by atoms with E-state index in [4.69, 9.17) is 0 Å². The number of anilines is 1. The molecule has 1 unspecified atom stereocenters. The second-order valence-electron chi connectivity index (χ2n) is 3.29. The Balaban J connectivity index is 2.42. The normalized spacial score (nSPS) is 20.8. The minimum Gasteiger partial charge on any atom is -0.374 e. The first-order valence-corrected chi connectivity index (χ1v) is 5.07. The van der Waals surface area contributed by atoms with E-state index < -0.39 is 0 Å². The van der Waals surface area contributed by atoms with Gasteiger partial charge in [0.1, 0.15) is 0 Å². The van der Waals surface area contributed by atoms with Gasteiger partial charge in [-0.1, -0.05) is 6.07 Å². The van der Waals surface area contributed by atoms with Crippen molar-refractivity contribution in [2.45, 2.75) is 24.8 Å². The fraction of sp³-hybridized carbons (Fsp3) is 0.300. The Kier molecular flexibility index (Phi) is 2.04. The van der Waals surface area contributed by atoms with Crippen LogP contribution in [-0.4, -0.2) is 11.2 Å². The zero-order valence-corrected chi connectivity index (χ0v) is 8.44. The summed E-state index contributed by atoms with van der Waals surface area (Å²) in [5.74, 6) is 0. The molecule has 0 amide bonds. The Labute approximate surface area is 81.7 Å². The van der Waals surface area contributed by atoms with Crippen LogP contribution < -0.4 is 5.32 Å². The summed E-state index contributed by atoms with van der Waals surface area (Å²) in [6.45, 7) is 3.94. The summed E-state index contributed by atoms with van der Waals surface area (Å²) in [4.78, 5) is 12.4. The molecule has 0 fully saturated rings. The third-order valence-corrected chi connectivity index (χ3v) is 3.20. The van der Waals surface area contributed by atoms with Gasteiger partial charge in [0.25, 0.3) is 0 Å². The highest BCUT2D eigenvalue weighted by Gasteiger charge is 2.22. The van der Waals surface area contributed by atoms with Crippen molar-refractivity contribution in [2.24, 2.45) is 0 Å². The number of aryl methyl sites for hydroxylation is 1. The minimum absolute atomic E-state index is 0.0701. The average Bonchev–Trinajstić information content (AvgIpc) is 2.08. The number of carbonyl (C=O) groups is 1. The number of carbonyl (C=O) groups excluding carboxylic acids is 1. The van der Waals surface area contributed by atoms with Gasteiger partial charge in [-0.15, -0.1) is 0 Å². The van der Waals surface area contributed by atoms with Gasteiger partial charge >= 0.3 is 0 Å². The van der Waals surface area contributed by atoms with Crippen molar-refractivity contribution in [1.82, 2.24) is 0 Å². The molecule has 0 radical (unpaired) electrons. The van der Waals surface area contributed by atoms with Gasteiger partial charge in [0, 0.05) is 10.6 Å². The van der Waals surface area contributed by atoms with Crippen LogP contribution in [0.1, 0.15) is 12.5 Å². The Bertz CT molecular complexity index is 362. The van der Waals surface area contributed by atoms with Crippen LogP contribution in [0.2, 0.25) is 0 Å².